The Morgan fingerprint density at radius 2 is 1.90 bits per heavy atom. The first-order chi connectivity index (χ1) is 14.3. The summed E-state index contributed by atoms with van der Waals surface area (Å²) in [6.07, 6.45) is -4.39. The molecule has 9 heteroatoms. The van der Waals surface area contributed by atoms with Crippen molar-refractivity contribution in [3.8, 4) is 5.88 Å². The second-order valence-electron chi connectivity index (χ2n) is 7.03. The molecule has 3 rings (SSSR count). The van der Waals surface area contributed by atoms with Gasteiger partial charge in [0.25, 0.3) is 5.91 Å². The number of carbonyl (C=O) groups excluding carboxylic acids is 1. The normalized spacial score (nSPS) is 16.2. The Hall–Kier alpha value is -2.65. The number of aryl methyl sites for hydroxylation is 1. The maximum atomic E-state index is 12.9. The molecule has 0 aliphatic carbocycles. The average Bonchev–Trinajstić information content (AvgIpc) is 2.73. The molecule has 1 aliphatic rings. The first-order valence-electron chi connectivity index (χ1n) is 9.58. The minimum atomic E-state index is -4.39. The van der Waals surface area contributed by atoms with E-state index in [1.807, 2.05) is 0 Å². The van der Waals surface area contributed by atoms with E-state index in [-0.39, 0.29) is 18.5 Å². The van der Waals surface area contributed by atoms with Crippen LogP contribution in [0.4, 0.5) is 13.2 Å². The number of pyridine rings is 1. The summed E-state index contributed by atoms with van der Waals surface area (Å²) in [4.78, 5) is 18.9. The van der Waals surface area contributed by atoms with Crippen LogP contribution >= 0.6 is 0 Å². The van der Waals surface area contributed by atoms with Crippen LogP contribution < -0.4 is 10.1 Å². The summed E-state index contributed by atoms with van der Waals surface area (Å²) in [6.45, 7) is 4.33. The van der Waals surface area contributed by atoms with Crippen LogP contribution in [0, 0.1) is 6.92 Å². The fourth-order valence-corrected chi connectivity index (χ4v) is 3.41. The standard InChI is InChI=1S/C21H24F3N3O3/c1-14-11-16(12-19(26-14)29-2)20(28)25-13-18(27-7-9-30-10-8-27)15-3-5-17(6-4-15)21(22,23)24/h3-6,11-12,18H,7-10,13H2,1-2H3,(H,25,28)/t18-/m1/s1. The van der Waals surface area contributed by atoms with Gasteiger partial charge in [0.15, 0.2) is 0 Å². The molecule has 0 spiro atoms. The average molecular weight is 423 g/mol. The number of alkyl halides is 3. The van der Waals surface area contributed by atoms with Crippen molar-refractivity contribution in [3.63, 3.8) is 0 Å². The van der Waals surface area contributed by atoms with Gasteiger partial charge in [0.2, 0.25) is 5.88 Å². The Balaban J connectivity index is 1.78. The van der Waals surface area contributed by atoms with E-state index in [0.717, 1.165) is 12.1 Å². The van der Waals surface area contributed by atoms with Crippen LogP contribution in [-0.2, 0) is 10.9 Å². The van der Waals surface area contributed by atoms with Gasteiger partial charge in [0, 0.05) is 37.0 Å². The van der Waals surface area contributed by atoms with Crippen molar-refractivity contribution in [1.82, 2.24) is 15.2 Å². The molecule has 1 saturated heterocycles. The molecule has 2 aromatic rings. The predicted molar refractivity (Wildman–Crippen MR) is 104 cm³/mol. The largest absolute Gasteiger partial charge is 0.481 e. The molecular weight excluding hydrogens is 399 g/mol. The summed E-state index contributed by atoms with van der Waals surface area (Å²) in [5.41, 5.74) is 1.06. The smallest absolute Gasteiger partial charge is 0.416 e. The summed E-state index contributed by atoms with van der Waals surface area (Å²) < 4.78 is 49.2. The van der Waals surface area contributed by atoms with Crippen LogP contribution in [0.2, 0.25) is 0 Å². The van der Waals surface area contributed by atoms with Crippen LogP contribution in [0.25, 0.3) is 0 Å². The van der Waals surface area contributed by atoms with E-state index in [4.69, 9.17) is 9.47 Å². The van der Waals surface area contributed by atoms with Crippen LogP contribution in [0.3, 0.4) is 0 Å². The van der Waals surface area contributed by atoms with Crippen molar-refractivity contribution in [2.45, 2.75) is 19.1 Å². The number of methoxy groups -OCH3 is 1. The van der Waals surface area contributed by atoms with Crippen molar-refractivity contribution < 1.29 is 27.4 Å². The van der Waals surface area contributed by atoms with Gasteiger partial charge in [-0.15, -0.1) is 0 Å². The molecule has 1 atom stereocenters. The van der Waals surface area contributed by atoms with Gasteiger partial charge in [0.1, 0.15) is 0 Å². The van der Waals surface area contributed by atoms with E-state index in [0.29, 0.717) is 49.0 Å². The van der Waals surface area contributed by atoms with Crippen molar-refractivity contribution in [1.29, 1.82) is 0 Å². The van der Waals surface area contributed by atoms with Crippen LogP contribution in [0.15, 0.2) is 36.4 Å². The lowest BCUT2D eigenvalue weighted by molar-refractivity contribution is -0.137. The molecule has 6 nitrogen and oxygen atoms in total. The molecule has 0 unspecified atom stereocenters. The second kappa shape index (κ2) is 9.44. The minimum absolute atomic E-state index is 0.244. The van der Waals surface area contributed by atoms with Gasteiger partial charge in [-0.2, -0.15) is 13.2 Å². The molecule has 1 aromatic heterocycles. The Labute approximate surface area is 173 Å². The molecule has 1 aliphatic heterocycles. The Kier molecular flexibility index (Phi) is 6.94. The lowest BCUT2D eigenvalue weighted by Crippen LogP contribution is -2.43. The minimum Gasteiger partial charge on any atom is -0.481 e. The SMILES string of the molecule is COc1cc(C(=O)NC[C@H](c2ccc(C(F)(F)F)cc2)N2CCOCC2)cc(C)n1. The molecule has 1 fully saturated rings. The highest BCUT2D eigenvalue weighted by Crippen LogP contribution is 2.31. The third kappa shape index (κ3) is 5.48. The zero-order valence-corrected chi connectivity index (χ0v) is 16.8. The van der Waals surface area contributed by atoms with Crippen LogP contribution in [-0.4, -0.2) is 55.7 Å². The van der Waals surface area contributed by atoms with Crippen molar-refractivity contribution >= 4 is 5.91 Å². The van der Waals surface area contributed by atoms with Gasteiger partial charge in [-0.1, -0.05) is 12.1 Å². The maximum Gasteiger partial charge on any atom is 0.416 e. The van der Waals surface area contributed by atoms with Crippen molar-refractivity contribution in [2.24, 2.45) is 0 Å². The number of halogens is 3. The molecule has 30 heavy (non-hydrogen) atoms. The first-order valence-corrected chi connectivity index (χ1v) is 9.58. The lowest BCUT2D eigenvalue weighted by Gasteiger charge is -2.35. The molecular formula is C21H24F3N3O3. The summed E-state index contributed by atoms with van der Waals surface area (Å²) in [5, 5.41) is 2.89. The lowest BCUT2D eigenvalue weighted by atomic mass is 10.0. The molecule has 1 aromatic carbocycles. The Morgan fingerprint density at radius 3 is 2.50 bits per heavy atom. The van der Waals surface area contributed by atoms with E-state index in [1.54, 1.807) is 19.1 Å². The maximum absolute atomic E-state index is 12.9. The number of ether oxygens (including phenoxy) is 2. The summed E-state index contributed by atoms with van der Waals surface area (Å²) in [7, 11) is 1.47. The number of nitrogens with zero attached hydrogens (tertiary/aromatic N) is 2. The highest BCUT2D eigenvalue weighted by Gasteiger charge is 2.31. The quantitative estimate of drug-likeness (QED) is 0.773. The van der Waals surface area contributed by atoms with Gasteiger partial charge in [0.05, 0.1) is 31.9 Å². The van der Waals surface area contributed by atoms with Crippen LogP contribution in [0.5, 0.6) is 5.88 Å². The van der Waals surface area contributed by atoms with Gasteiger partial charge in [-0.3, -0.25) is 9.69 Å². The number of amides is 1. The monoisotopic (exact) mass is 423 g/mol. The molecule has 0 saturated carbocycles. The second-order valence-corrected chi connectivity index (χ2v) is 7.03. The van der Waals surface area contributed by atoms with Gasteiger partial charge in [-0.05, 0) is 30.7 Å². The third-order valence-corrected chi connectivity index (χ3v) is 4.97. The molecule has 162 valence electrons. The van der Waals surface area contributed by atoms with E-state index in [9.17, 15) is 18.0 Å². The molecule has 0 radical (unpaired) electrons. The highest BCUT2D eigenvalue weighted by molar-refractivity contribution is 5.94. The summed E-state index contributed by atoms with van der Waals surface area (Å²) in [6, 6.07) is 8.00. The van der Waals surface area contributed by atoms with Crippen molar-refractivity contribution in [2.75, 3.05) is 40.0 Å². The van der Waals surface area contributed by atoms with E-state index in [2.05, 4.69) is 15.2 Å². The van der Waals surface area contributed by atoms with Crippen LogP contribution in [0.1, 0.15) is 33.2 Å². The van der Waals surface area contributed by atoms with E-state index >= 15 is 0 Å². The summed E-state index contributed by atoms with van der Waals surface area (Å²) in [5.74, 6) is 0.0385. The highest BCUT2D eigenvalue weighted by atomic mass is 19.4. The molecule has 0 bridgehead atoms. The Morgan fingerprint density at radius 1 is 1.23 bits per heavy atom. The Bertz CT molecular complexity index is 866. The zero-order valence-electron chi connectivity index (χ0n) is 16.8. The van der Waals surface area contributed by atoms with Gasteiger partial charge >= 0.3 is 6.18 Å². The van der Waals surface area contributed by atoms with E-state index in [1.165, 1.54) is 19.2 Å². The number of hydrogen-bond donors (Lipinski definition) is 1. The first kappa shape index (κ1) is 22.0. The number of benzene rings is 1. The fourth-order valence-electron chi connectivity index (χ4n) is 3.41. The number of carbonyl (C=O) groups is 1. The van der Waals surface area contributed by atoms with Gasteiger partial charge in [-0.25, -0.2) is 4.98 Å². The van der Waals surface area contributed by atoms with Crippen molar-refractivity contribution in [3.05, 3.63) is 58.8 Å². The zero-order chi connectivity index (χ0) is 21.7. The molecule has 2 heterocycles. The number of hydrogen-bond acceptors (Lipinski definition) is 5. The molecule has 1 amide bonds. The number of rotatable bonds is 6. The number of morpholine rings is 1. The number of aromatic nitrogens is 1. The van der Waals surface area contributed by atoms with Gasteiger partial charge < -0.3 is 14.8 Å². The third-order valence-electron chi connectivity index (χ3n) is 4.97. The van der Waals surface area contributed by atoms with E-state index < -0.39 is 11.7 Å². The fraction of sp³-hybridized carbons (Fsp3) is 0.429. The predicted octanol–water partition coefficient (Wildman–Crippen LogP) is 3.22. The number of nitrogens with one attached hydrogen (secondary N) is 1. The topological polar surface area (TPSA) is 63.7 Å². The molecule has 1 N–H and O–H groups in total. The summed E-state index contributed by atoms with van der Waals surface area (Å²) >= 11 is 0.